The summed E-state index contributed by atoms with van der Waals surface area (Å²) in [6, 6.07) is 0.542. The molecular formula is C16H31N3O3. The van der Waals surface area contributed by atoms with Gasteiger partial charge in [0.25, 0.3) is 0 Å². The third-order valence-electron chi connectivity index (χ3n) is 3.35. The molecule has 0 saturated heterocycles. The molecule has 22 heavy (non-hydrogen) atoms. The molecule has 0 aliphatic heterocycles. The number of nitrogens with one attached hydrogen (secondary N) is 3. The molecule has 1 saturated carbocycles. The van der Waals surface area contributed by atoms with Crippen LogP contribution in [0.2, 0.25) is 0 Å². The van der Waals surface area contributed by atoms with Crippen molar-refractivity contribution in [3.63, 3.8) is 0 Å². The average molecular weight is 313 g/mol. The van der Waals surface area contributed by atoms with Crippen molar-refractivity contribution in [2.45, 2.75) is 71.6 Å². The van der Waals surface area contributed by atoms with E-state index in [0.29, 0.717) is 24.9 Å². The van der Waals surface area contributed by atoms with Crippen molar-refractivity contribution in [3.8, 4) is 0 Å². The Hall–Kier alpha value is -1.30. The Morgan fingerprint density at radius 3 is 2.36 bits per heavy atom. The first-order valence-electron chi connectivity index (χ1n) is 8.15. The predicted molar refractivity (Wildman–Crippen MR) is 86.6 cm³/mol. The second kappa shape index (κ2) is 8.36. The van der Waals surface area contributed by atoms with Gasteiger partial charge in [-0.15, -0.1) is 0 Å². The lowest BCUT2D eigenvalue weighted by Gasteiger charge is -2.36. The summed E-state index contributed by atoms with van der Waals surface area (Å²) in [6.07, 6.45) is 1.90. The fraction of sp³-hybridized carbons (Fsp3) is 0.875. The van der Waals surface area contributed by atoms with Crippen molar-refractivity contribution in [2.24, 2.45) is 5.92 Å². The second-order valence-corrected chi connectivity index (χ2v) is 7.41. The zero-order valence-corrected chi connectivity index (χ0v) is 14.5. The van der Waals surface area contributed by atoms with Gasteiger partial charge in [0.2, 0.25) is 5.91 Å². The third-order valence-corrected chi connectivity index (χ3v) is 3.35. The van der Waals surface area contributed by atoms with Gasteiger partial charge >= 0.3 is 6.09 Å². The Kier molecular flexibility index (Phi) is 7.13. The van der Waals surface area contributed by atoms with Crippen LogP contribution in [0.25, 0.3) is 0 Å². The highest BCUT2D eigenvalue weighted by Crippen LogP contribution is 2.20. The second-order valence-electron chi connectivity index (χ2n) is 7.41. The SMILES string of the molecule is CC(C)CNC(=O)CCNC1CC(NC(=O)OC(C)(C)C)C1. The van der Waals surface area contributed by atoms with E-state index in [4.69, 9.17) is 4.74 Å². The van der Waals surface area contributed by atoms with Gasteiger partial charge in [-0.3, -0.25) is 4.79 Å². The summed E-state index contributed by atoms with van der Waals surface area (Å²) in [4.78, 5) is 23.1. The number of amides is 2. The van der Waals surface area contributed by atoms with Crippen molar-refractivity contribution in [1.29, 1.82) is 0 Å². The van der Waals surface area contributed by atoms with Gasteiger partial charge in [0, 0.05) is 31.6 Å². The standard InChI is InChI=1S/C16H31N3O3/c1-11(2)10-18-14(20)6-7-17-12-8-13(9-12)19-15(21)22-16(3,4)5/h11-13,17H,6-10H2,1-5H3,(H,18,20)(H,19,21). The minimum Gasteiger partial charge on any atom is -0.444 e. The van der Waals surface area contributed by atoms with E-state index in [1.807, 2.05) is 20.8 Å². The number of rotatable bonds is 7. The summed E-state index contributed by atoms with van der Waals surface area (Å²) >= 11 is 0. The fourth-order valence-corrected chi connectivity index (χ4v) is 2.17. The van der Waals surface area contributed by atoms with Crippen LogP contribution in [0.15, 0.2) is 0 Å². The number of hydrogen-bond acceptors (Lipinski definition) is 4. The lowest BCUT2D eigenvalue weighted by atomic mass is 9.87. The third kappa shape index (κ3) is 8.22. The van der Waals surface area contributed by atoms with E-state index in [1.54, 1.807) is 0 Å². The molecule has 0 aromatic rings. The molecule has 1 aliphatic carbocycles. The van der Waals surface area contributed by atoms with Crippen LogP contribution in [0, 0.1) is 5.92 Å². The molecule has 6 heteroatoms. The maximum atomic E-state index is 11.6. The minimum atomic E-state index is -0.463. The molecule has 128 valence electrons. The molecule has 0 bridgehead atoms. The van der Waals surface area contributed by atoms with E-state index in [0.717, 1.165) is 19.4 Å². The van der Waals surface area contributed by atoms with Gasteiger partial charge in [-0.05, 0) is 39.5 Å². The molecular weight excluding hydrogens is 282 g/mol. The van der Waals surface area contributed by atoms with Gasteiger partial charge in [-0.25, -0.2) is 4.79 Å². The molecule has 6 nitrogen and oxygen atoms in total. The summed E-state index contributed by atoms with van der Waals surface area (Å²) in [7, 11) is 0. The number of carbonyl (C=O) groups is 2. The largest absolute Gasteiger partial charge is 0.444 e. The zero-order chi connectivity index (χ0) is 16.8. The average Bonchev–Trinajstić information content (AvgIpc) is 2.30. The Bertz CT molecular complexity index is 371. The molecule has 1 rings (SSSR count). The van der Waals surface area contributed by atoms with E-state index >= 15 is 0 Å². The number of alkyl carbamates (subject to hydrolysis) is 1. The fourth-order valence-electron chi connectivity index (χ4n) is 2.17. The lowest BCUT2D eigenvalue weighted by Crippen LogP contribution is -2.53. The van der Waals surface area contributed by atoms with Crippen LogP contribution in [0.4, 0.5) is 4.79 Å². The number of hydrogen-bond donors (Lipinski definition) is 3. The van der Waals surface area contributed by atoms with Gasteiger partial charge in [0.1, 0.15) is 5.60 Å². The Labute approximate surface area is 133 Å². The first kappa shape index (κ1) is 18.7. The highest BCUT2D eigenvalue weighted by atomic mass is 16.6. The molecule has 0 aromatic carbocycles. The summed E-state index contributed by atoms with van der Waals surface area (Å²) in [5, 5.41) is 9.09. The normalized spacial score (nSPS) is 21.2. The summed E-state index contributed by atoms with van der Waals surface area (Å²) in [5.41, 5.74) is -0.463. The molecule has 0 atom stereocenters. The first-order chi connectivity index (χ1) is 10.2. The molecule has 0 unspecified atom stereocenters. The van der Waals surface area contributed by atoms with E-state index in [9.17, 15) is 9.59 Å². The molecule has 0 spiro atoms. The highest BCUT2D eigenvalue weighted by Gasteiger charge is 2.31. The molecule has 2 amide bonds. The predicted octanol–water partition coefficient (Wildman–Crippen LogP) is 1.79. The Morgan fingerprint density at radius 2 is 1.82 bits per heavy atom. The summed E-state index contributed by atoms with van der Waals surface area (Å²) in [6.45, 7) is 11.1. The quantitative estimate of drug-likeness (QED) is 0.669. The topological polar surface area (TPSA) is 79.5 Å². The van der Waals surface area contributed by atoms with Crippen LogP contribution in [0.1, 0.15) is 53.9 Å². The van der Waals surface area contributed by atoms with Gasteiger partial charge in [0.05, 0.1) is 0 Å². The molecule has 0 radical (unpaired) electrons. The molecule has 0 aromatic heterocycles. The smallest absolute Gasteiger partial charge is 0.407 e. The van der Waals surface area contributed by atoms with E-state index in [-0.39, 0.29) is 18.0 Å². The Morgan fingerprint density at radius 1 is 1.18 bits per heavy atom. The van der Waals surface area contributed by atoms with Crippen LogP contribution >= 0.6 is 0 Å². The summed E-state index contributed by atoms with van der Waals surface area (Å²) in [5.74, 6) is 0.562. The highest BCUT2D eigenvalue weighted by molar-refractivity contribution is 5.76. The lowest BCUT2D eigenvalue weighted by molar-refractivity contribution is -0.121. The minimum absolute atomic E-state index is 0.0870. The van der Waals surface area contributed by atoms with E-state index < -0.39 is 5.60 Å². The van der Waals surface area contributed by atoms with Crippen molar-refractivity contribution in [2.75, 3.05) is 13.1 Å². The van der Waals surface area contributed by atoms with Crippen molar-refractivity contribution in [3.05, 3.63) is 0 Å². The van der Waals surface area contributed by atoms with Crippen molar-refractivity contribution in [1.82, 2.24) is 16.0 Å². The Balaban J connectivity index is 2.04. The van der Waals surface area contributed by atoms with Gasteiger partial charge in [-0.1, -0.05) is 13.8 Å². The van der Waals surface area contributed by atoms with Crippen LogP contribution < -0.4 is 16.0 Å². The molecule has 0 heterocycles. The van der Waals surface area contributed by atoms with Crippen molar-refractivity contribution < 1.29 is 14.3 Å². The zero-order valence-electron chi connectivity index (χ0n) is 14.5. The van der Waals surface area contributed by atoms with Gasteiger partial charge in [-0.2, -0.15) is 0 Å². The monoisotopic (exact) mass is 313 g/mol. The number of ether oxygens (including phenoxy) is 1. The molecule has 1 fully saturated rings. The van der Waals surface area contributed by atoms with Gasteiger partial charge in [0.15, 0.2) is 0 Å². The van der Waals surface area contributed by atoms with Crippen molar-refractivity contribution >= 4 is 12.0 Å². The number of carbonyl (C=O) groups excluding carboxylic acids is 2. The molecule has 3 N–H and O–H groups in total. The van der Waals surface area contributed by atoms with Crippen LogP contribution in [0.3, 0.4) is 0 Å². The van der Waals surface area contributed by atoms with Gasteiger partial charge < -0.3 is 20.7 Å². The first-order valence-corrected chi connectivity index (χ1v) is 8.15. The summed E-state index contributed by atoms with van der Waals surface area (Å²) < 4.78 is 5.21. The maximum Gasteiger partial charge on any atom is 0.407 e. The van der Waals surface area contributed by atoms with Crippen LogP contribution in [-0.4, -0.2) is 42.8 Å². The molecule has 1 aliphatic rings. The van der Waals surface area contributed by atoms with Crippen LogP contribution in [0.5, 0.6) is 0 Å². The van der Waals surface area contributed by atoms with E-state index in [2.05, 4.69) is 29.8 Å². The van der Waals surface area contributed by atoms with Crippen LogP contribution in [-0.2, 0) is 9.53 Å². The maximum absolute atomic E-state index is 11.6. The van der Waals surface area contributed by atoms with E-state index in [1.165, 1.54) is 0 Å².